The Hall–Kier alpha value is -0.760. The third kappa shape index (κ3) is 5.03. The van der Waals surface area contributed by atoms with Crippen LogP contribution in [0.3, 0.4) is 0 Å². The number of hydrogen-bond donors (Lipinski definition) is 3. The summed E-state index contributed by atoms with van der Waals surface area (Å²) in [6.07, 6.45) is 0. The van der Waals surface area contributed by atoms with Crippen molar-refractivity contribution in [2.24, 2.45) is 16.5 Å². The summed E-state index contributed by atoms with van der Waals surface area (Å²) >= 11 is 3.55. The monoisotopic (exact) mass is 334 g/mol. The second-order valence-corrected chi connectivity index (χ2v) is 4.97. The topological polar surface area (TPSA) is 88.2 Å². The van der Waals surface area contributed by atoms with Gasteiger partial charge in [-0.05, 0) is 40.3 Å². The fourth-order valence-electron chi connectivity index (χ4n) is 0.928. The van der Waals surface area contributed by atoms with E-state index < -0.39 is 0 Å². The minimum atomic E-state index is -0.0739. The van der Waals surface area contributed by atoms with Gasteiger partial charge in [0, 0.05) is 9.32 Å². The Morgan fingerprint density at radius 3 is 2.80 bits per heavy atom. The third-order valence-corrected chi connectivity index (χ3v) is 3.01. The van der Waals surface area contributed by atoms with Gasteiger partial charge in [-0.3, -0.25) is 5.41 Å². The first kappa shape index (κ1) is 12.3. The maximum Gasteiger partial charge on any atom is 0.193 e. The molecule has 0 heterocycles. The largest absolute Gasteiger partial charge is 0.370 e. The van der Waals surface area contributed by atoms with Crippen molar-refractivity contribution in [1.29, 1.82) is 5.41 Å². The first-order chi connectivity index (χ1) is 7.08. The van der Waals surface area contributed by atoms with E-state index in [1.165, 1.54) is 15.3 Å². The van der Waals surface area contributed by atoms with Crippen molar-refractivity contribution in [1.82, 2.24) is 0 Å². The van der Waals surface area contributed by atoms with Gasteiger partial charge in [-0.25, -0.2) is 0 Å². The number of amidine groups is 1. The number of rotatable bonds is 2. The molecule has 4 nitrogen and oxygen atoms in total. The van der Waals surface area contributed by atoms with Gasteiger partial charge in [0.25, 0.3) is 0 Å². The maximum atomic E-state index is 7.44. The van der Waals surface area contributed by atoms with Crippen LogP contribution in [-0.2, 0) is 5.75 Å². The number of aliphatic imine (C=N–C) groups is 1. The summed E-state index contributed by atoms with van der Waals surface area (Å²) in [6.45, 7) is 0. The summed E-state index contributed by atoms with van der Waals surface area (Å²) in [5.74, 6) is 0.627. The molecule has 0 unspecified atom stereocenters. The van der Waals surface area contributed by atoms with E-state index in [0.29, 0.717) is 5.75 Å². The maximum absolute atomic E-state index is 7.44. The molecule has 0 saturated heterocycles. The van der Waals surface area contributed by atoms with Crippen LogP contribution in [-0.4, -0.2) is 11.1 Å². The van der Waals surface area contributed by atoms with Crippen molar-refractivity contribution in [3.05, 3.63) is 33.4 Å². The van der Waals surface area contributed by atoms with Crippen LogP contribution in [0.1, 0.15) is 5.56 Å². The number of halogens is 1. The number of nitrogens with two attached hydrogens (primary N) is 2. The summed E-state index contributed by atoms with van der Waals surface area (Å²) < 4.78 is 1.18. The molecular formula is C9H11IN4S. The molecule has 1 rings (SSSR count). The fourth-order valence-corrected chi connectivity index (χ4v) is 2.19. The van der Waals surface area contributed by atoms with Gasteiger partial charge in [-0.1, -0.05) is 23.9 Å². The second-order valence-electron chi connectivity index (χ2n) is 2.76. The average Bonchev–Trinajstić information content (AvgIpc) is 2.14. The predicted octanol–water partition coefficient (Wildman–Crippen LogP) is 1.73. The van der Waals surface area contributed by atoms with Gasteiger partial charge in [0.05, 0.1) is 0 Å². The van der Waals surface area contributed by atoms with E-state index in [-0.39, 0.29) is 11.1 Å². The van der Waals surface area contributed by atoms with Crippen LogP contribution in [0.5, 0.6) is 0 Å². The Kier molecular flexibility index (Phi) is 4.89. The molecule has 0 aliphatic rings. The van der Waals surface area contributed by atoms with Crippen LogP contribution in [0.15, 0.2) is 29.3 Å². The number of thioether (sulfide) groups is 1. The zero-order chi connectivity index (χ0) is 11.3. The molecule has 0 radical (unpaired) electrons. The minimum Gasteiger partial charge on any atom is -0.370 e. The molecule has 0 spiro atoms. The Labute approximate surface area is 106 Å². The second kappa shape index (κ2) is 5.96. The summed E-state index contributed by atoms with van der Waals surface area (Å²) in [5.41, 5.74) is 11.5. The van der Waals surface area contributed by atoms with Crippen LogP contribution in [0.25, 0.3) is 0 Å². The molecule has 15 heavy (non-hydrogen) atoms. The zero-order valence-corrected chi connectivity index (χ0v) is 10.9. The number of benzene rings is 1. The first-order valence-corrected chi connectivity index (χ1v) is 6.20. The first-order valence-electron chi connectivity index (χ1n) is 4.13. The van der Waals surface area contributed by atoms with Gasteiger partial charge >= 0.3 is 0 Å². The van der Waals surface area contributed by atoms with Crippen LogP contribution in [0.4, 0.5) is 0 Å². The molecule has 1 aromatic rings. The van der Waals surface area contributed by atoms with E-state index in [1.807, 2.05) is 18.2 Å². The summed E-state index contributed by atoms with van der Waals surface area (Å²) in [7, 11) is 0. The SMILES string of the molecule is N=C(N=C(N)N)SCc1cccc(I)c1. The molecule has 6 heteroatoms. The van der Waals surface area contributed by atoms with Crippen molar-refractivity contribution in [2.45, 2.75) is 5.75 Å². The molecule has 0 saturated carbocycles. The van der Waals surface area contributed by atoms with E-state index in [1.54, 1.807) is 0 Å². The van der Waals surface area contributed by atoms with E-state index in [9.17, 15) is 0 Å². The van der Waals surface area contributed by atoms with Gasteiger partial charge in [0.1, 0.15) is 0 Å². The lowest BCUT2D eigenvalue weighted by molar-refractivity contribution is 1.39. The quantitative estimate of drug-likeness (QED) is 0.437. The van der Waals surface area contributed by atoms with Crippen molar-refractivity contribution in [3.8, 4) is 0 Å². The zero-order valence-electron chi connectivity index (χ0n) is 7.90. The van der Waals surface area contributed by atoms with Gasteiger partial charge in [-0.15, -0.1) is 0 Å². The highest BCUT2D eigenvalue weighted by atomic mass is 127. The average molecular weight is 334 g/mol. The molecule has 0 aromatic heterocycles. The lowest BCUT2D eigenvalue weighted by Gasteiger charge is -2.00. The highest BCUT2D eigenvalue weighted by Crippen LogP contribution is 2.15. The molecule has 5 N–H and O–H groups in total. The fraction of sp³-hybridized carbons (Fsp3) is 0.111. The summed E-state index contributed by atoms with van der Waals surface area (Å²) in [5, 5.41) is 7.57. The van der Waals surface area contributed by atoms with Crippen LogP contribution < -0.4 is 11.5 Å². The molecule has 0 aliphatic carbocycles. The summed E-state index contributed by atoms with van der Waals surface area (Å²) in [6, 6.07) is 8.09. The van der Waals surface area contributed by atoms with E-state index in [4.69, 9.17) is 16.9 Å². The number of hydrogen-bond acceptors (Lipinski definition) is 2. The van der Waals surface area contributed by atoms with Crippen LogP contribution in [0, 0.1) is 8.98 Å². The lowest BCUT2D eigenvalue weighted by atomic mass is 10.2. The van der Waals surface area contributed by atoms with Crippen molar-refractivity contribution >= 4 is 45.5 Å². The Bertz CT molecular complexity index is 387. The van der Waals surface area contributed by atoms with Gasteiger partial charge in [-0.2, -0.15) is 4.99 Å². The van der Waals surface area contributed by atoms with Crippen molar-refractivity contribution < 1.29 is 0 Å². The highest BCUT2D eigenvalue weighted by Gasteiger charge is 1.98. The van der Waals surface area contributed by atoms with E-state index in [2.05, 4.69) is 33.6 Å². The Morgan fingerprint density at radius 2 is 2.20 bits per heavy atom. The third-order valence-electron chi connectivity index (χ3n) is 1.50. The number of nitrogens with zero attached hydrogens (tertiary/aromatic N) is 1. The smallest absolute Gasteiger partial charge is 0.193 e. The van der Waals surface area contributed by atoms with Crippen LogP contribution >= 0.6 is 34.4 Å². The standard InChI is InChI=1S/C9H11IN4S/c10-7-3-1-2-6(4-7)5-15-9(13)14-8(11)12/h1-4H,5H2,(H5,11,12,13,14). The lowest BCUT2D eigenvalue weighted by Crippen LogP contribution is -2.23. The molecule has 80 valence electrons. The predicted molar refractivity (Wildman–Crippen MR) is 74.0 cm³/mol. The Morgan fingerprint density at radius 1 is 1.47 bits per heavy atom. The van der Waals surface area contributed by atoms with Crippen molar-refractivity contribution in [3.63, 3.8) is 0 Å². The highest BCUT2D eigenvalue weighted by molar-refractivity contribution is 14.1. The normalized spacial score (nSPS) is 9.67. The molecule has 1 aromatic carbocycles. The molecular weight excluding hydrogens is 323 g/mol. The van der Waals surface area contributed by atoms with Crippen molar-refractivity contribution in [2.75, 3.05) is 0 Å². The number of guanidine groups is 1. The molecule has 0 aliphatic heterocycles. The van der Waals surface area contributed by atoms with E-state index in [0.717, 1.165) is 5.56 Å². The molecule has 0 atom stereocenters. The van der Waals surface area contributed by atoms with Gasteiger partial charge < -0.3 is 11.5 Å². The minimum absolute atomic E-state index is 0.0739. The van der Waals surface area contributed by atoms with Crippen LogP contribution in [0.2, 0.25) is 0 Å². The Balaban J connectivity index is 2.51. The number of nitrogens with one attached hydrogen (secondary N) is 1. The molecule has 0 amide bonds. The summed E-state index contributed by atoms with van der Waals surface area (Å²) in [4.78, 5) is 3.63. The molecule has 0 fully saturated rings. The van der Waals surface area contributed by atoms with Gasteiger partial charge in [0.2, 0.25) is 0 Å². The van der Waals surface area contributed by atoms with E-state index >= 15 is 0 Å². The molecule has 0 bridgehead atoms. The van der Waals surface area contributed by atoms with Gasteiger partial charge in [0.15, 0.2) is 11.1 Å².